The summed E-state index contributed by atoms with van der Waals surface area (Å²) in [7, 11) is 0. The number of halogens is 1. The number of ether oxygens (including phenoxy) is 1. The summed E-state index contributed by atoms with van der Waals surface area (Å²) in [6.45, 7) is 5.78. The number of hydrogen-bond donors (Lipinski definition) is 3. The van der Waals surface area contributed by atoms with Gasteiger partial charge >= 0.3 is 5.97 Å². The zero-order valence-electron chi connectivity index (χ0n) is 18.2. The number of anilines is 1. The van der Waals surface area contributed by atoms with E-state index in [1.807, 2.05) is 12.1 Å². The van der Waals surface area contributed by atoms with Gasteiger partial charge in [-0.1, -0.05) is 6.07 Å². The number of carbonyl (C=O) groups excluding carboxylic acids is 2. The van der Waals surface area contributed by atoms with E-state index in [1.54, 1.807) is 18.3 Å². The van der Waals surface area contributed by atoms with E-state index in [-0.39, 0.29) is 0 Å². The summed E-state index contributed by atoms with van der Waals surface area (Å²) in [5.74, 6) is -0.759. The van der Waals surface area contributed by atoms with Crippen LogP contribution in [0.5, 0.6) is 0 Å². The van der Waals surface area contributed by atoms with Crippen molar-refractivity contribution < 1.29 is 14.3 Å². The second-order valence-electron chi connectivity index (χ2n) is 8.12. The Bertz CT molecular complexity index is 1280. The molecule has 2 aliphatic rings. The average Bonchev–Trinajstić information content (AvgIpc) is 3.49. The summed E-state index contributed by atoms with van der Waals surface area (Å²) in [5, 5.41) is 7.39. The van der Waals surface area contributed by atoms with Gasteiger partial charge in [0.2, 0.25) is 11.5 Å². The SMILES string of the molecule is NC(=O)C1(OC(=O)c2cccc3sc(-c4nc(NCCN5CCNCC5)ncc4Br)cc23)C=C1. The highest BCUT2D eigenvalue weighted by Gasteiger charge is 2.45. The van der Waals surface area contributed by atoms with Crippen molar-refractivity contribution in [3.63, 3.8) is 0 Å². The smallest absolute Gasteiger partial charge is 0.340 e. The summed E-state index contributed by atoms with van der Waals surface area (Å²) in [6.07, 6.45) is 4.67. The molecule has 9 nitrogen and oxygen atoms in total. The lowest BCUT2D eigenvalue weighted by atomic mass is 10.1. The molecule has 1 saturated heterocycles. The van der Waals surface area contributed by atoms with Crippen molar-refractivity contribution in [3.8, 4) is 10.6 Å². The van der Waals surface area contributed by atoms with Crippen molar-refractivity contribution >= 4 is 55.2 Å². The standard InChI is InChI=1S/C23H23BrN6O3S/c24-16-13-28-22(27-8-11-30-9-6-26-7-10-30)29-19(16)18-12-15-14(2-1-3-17(15)34-18)20(31)33-23(4-5-23)21(25)32/h1-5,12-13,26H,6-11H2,(H2,25,32)(H,27,28,29). The molecule has 1 aromatic carbocycles. The van der Waals surface area contributed by atoms with Gasteiger partial charge in [-0.2, -0.15) is 0 Å². The van der Waals surface area contributed by atoms with Gasteiger partial charge in [-0.25, -0.2) is 14.8 Å². The molecule has 2 aromatic heterocycles. The van der Waals surface area contributed by atoms with Gasteiger partial charge in [-0.15, -0.1) is 11.3 Å². The van der Waals surface area contributed by atoms with Crippen LogP contribution in [-0.4, -0.2) is 71.6 Å². The van der Waals surface area contributed by atoms with Gasteiger partial charge in [0.25, 0.3) is 5.91 Å². The maximum Gasteiger partial charge on any atom is 0.340 e. The van der Waals surface area contributed by atoms with E-state index in [9.17, 15) is 9.59 Å². The molecule has 34 heavy (non-hydrogen) atoms. The topological polar surface area (TPSA) is 122 Å². The highest BCUT2D eigenvalue weighted by Crippen LogP contribution is 2.38. The fraction of sp³-hybridized carbons (Fsp3) is 0.304. The fourth-order valence-electron chi connectivity index (χ4n) is 3.81. The molecule has 4 N–H and O–H groups in total. The van der Waals surface area contributed by atoms with Crippen LogP contribution in [0.25, 0.3) is 20.7 Å². The van der Waals surface area contributed by atoms with Crippen LogP contribution in [0.4, 0.5) is 5.95 Å². The Morgan fingerprint density at radius 2 is 2.09 bits per heavy atom. The number of piperazine rings is 1. The Balaban J connectivity index is 1.35. The van der Waals surface area contributed by atoms with Crippen molar-refractivity contribution in [3.05, 3.63) is 52.7 Å². The van der Waals surface area contributed by atoms with E-state index in [1.165, 1.54) is 23.5 Å². The molecule has 0 unspecified atom stereocenters. The van der Waals surface area contributed by atoms with Gasteiger partial charge in [0.15, 0.2) is 0 Å². The third kappa shape index (κ3) is 4.69. The van der Waals surface area contributed by atoms with Crippen molar-refractivity contribution in [1.82, 2.24) is 20.2 Å². The number of hydrogen-bond acceptors (Lipinski definition) is 9. The Morgan fingerprint density at radius 3 is 2.82 bits per heavy atom. The molecule has 3 heterocycles. The number of aromatic nitrogens is 2. The molecule has 0 spiro atoms. The second-order valence-corrected chi connectivity index (χ2v) is 10.1. The lowest BCUT2D eigenvalue weighted by Gasteiger charge is -2.27. The predicted octanol–water partition coefficient (Wildman–Crippen LogP) is 2.39. The fourth-order valence-corrected chi connectivity index (χ4v) is 5.44. The summed E-state index contributed by atoms with van der Waals surface area (Å²) in [6, 6.07) is 7.30. The largest absolute Gasteiger partial charge is 0.437 e. The third-order valence-electron chi connectivity index (χ3n) is 5.80. The maximum absolute atomic E-state index is 12.8. The molecule has 176 valence electrons. The molecule has 0 bridgehead atoms. The lowest BCUT2D eigenvalue weighted by Crippen LogP contribution is -2.45. The molecular weight excluding hydrogens is 520 g/mol. The van der Waals surface area contributed by atoms with E-state index < -0.39 is 17.5 Å². The minimum Gasteiger partial charge on any atom is -0.437 e. The first-order valence-electron chi connectivity index (χ1n) is 10.9. The monoisotopic (exact) mass is 542 g/mol. The molecule has 0 radical (unpaired) electrons. The number of primary amides is 1. The first-order chi connectivity index (χ1) is 16.4. The zero-order chi connectivity index (χ0) is 23.7. The zero-order valence-corrected chi connectivity index (χ0v) is 20.6. The molecule has 1 aliphatic heterocycles. The Labute approximate surface area is 208 Å². The van der Waals surface area contributed by atoms with E-state index in [4.69, 9.17) is 15.5 Å². The van der Waals surface area contributed by atoms with Crippen molar-refractivity contribution in [2.24, 2.45) is 5.73 Å². The lowest BCUT2D eigenvalue weighted by molar-refractivity contribution is -0.127. The predicted molar refractivity (Wildman–Crippen MR) is 135 cm³/mol. The third-order valence-corrected chi connectivity index (χ3v) is 7.48. The number of nitrogens with one attached hydrogen (secondary N) is 2. The summed E-state index contributed by atoms with van der Waals surface area (Å²) in [4.78, 5) is 36.8. The minimum absolute atomic E-state index is 0.369. The van der Waals surface area contributed by atoms with Gasteiger partial charge in [-0.3, -0.25) is 9.69 Å². The Kier molecular flexibility index (Phi) is 6.34. The number of carbonyl (C=O) groups is 2. The number of benzene rings is 1. The maximum atomic E-state index is 12.8. The number of fused-ring (bicyclic) bond motifs is 1. The first kappa shape index (κ1) is 22.9. The van der Waals surface area contributed by atoms with Gasteiger partial charge in [0, 0.05) is 55.6 Å². The van der Waals surface area contributed by atoms with Crippen molar-refractivity contribution in [2.75, 3.05) is 44.6 Å². The molecule has 3 aromatic rings. The number of nitrogens with zero attached hydrogens (tertiary/aromatic N) is 3. The number of amides is 1. The minimum atomic E-state index is -1.40. The molecule has 1 fully saturated rings. The van der Waals surface area contributed by atoms with Crippen LogP contribution in [0.3, 0.4) is 0 Å². The van der Waals surface area contributed by atoms with Crippen LogP contribution in [0, 0.1) is 0 Å². The van der Waals surface area contributed by atoms with Crippen LogP contribution in [0.15, 0.2) is 47.1 Å². The van der Waals surface area contributed by atoms with Gasteiger partial charge in [-0.05, 0) is 46.3 Å². The van der Waals surface area contributed by atoms with E-state index in [0.29, 0.717) is 11.5 Å². The van der Waals surface area contributed by atoms with E-state index >= 15 is 0 Å². The molecular formula is C23H23BrN6O3S. The highest BCUT2D eigenvalue weighted by molar-refractivity contribution is 9.10. The highest BCUT2D eigenvalue weighted by atomic mass is 79.9. The molecule has 1 amide bonds. The van der Waals surface area contributed by atoms with Crippen LogP contribution >= 0.6 is 27.3 Å². The number of esters is 1. The molecule has 5 rings (SSSR count). The molecule has 11 heteroatoms. The number of thiophene rings is 1. The van der Waals surface area contributed by atoms with E-state index in [2.05, 4.69) is 36.4 Å². The quantitative estimate of drug-likeness (QED) is 0.293. The normalized spacial score (nSPS) is 17.0. The van der Waals surface area contributed by atoms with Crippen LogP contribution < -0.4 is 16.4 Å². The molecule has 0 saturated carbocycles. The molecule has 1 aliphatic carbocycles. The van der Waals surface area contributed by atoms with E-state index in [0.717, 1.165) is 64.4 Å². The summed E-state index contributed by atoms with van der Waals surface area (Å²) in [5.41, 5.74) is 5.05. The van der Waals surface area contributed by atoms with Crippen LogP contribution in [0.1, 0.15) is 10.4 Å². The van der Waals surface area contributed by atoms with Crippen LogP contribution in [0.2, 0.25) is 0 Å². The molecule has 0 atom stereocenters. The van der Waals surface area contributed by atoms with Crippen molar-refractivity contribution in [1.29, 1.82) is 0 Å². The van der Waals surface area contributed by atoms with Crippen molar-refractivity contribution in [2.45, 2.75) is 5.60 Å². The van der Waals surface area contributed by atoms with Gasteiger partial charge in [0.05, 0.1) is 14.9 Å². The number of nitrogens with two attached hydrogens (primary N) is 1. The Hall–Kier alpha value is -2.86. The summed E-state index contributed by atoms with van der Waals surface area (Å²) >= 11 is 5.07. The van der Waals surface area contributed by atoms with Gasteiger partial charge < -0.3 is 21.1 Å². The first-order valence-corrected chi connectivity index (χ1v) is 12.5. The second kappa shape index (κ2) is 9.41. The summed E-state index contributed by atoms with van der Waals surface area (Å²) < 4.78 is 7.04. The average molecular weight is 543 g/mol. The number of rotatable bonds is 8. The van der Waals surface area contributed by atoms with Crippen LogP contribution in [-0.2, 0) is 9.53 Å². The Morgan fingerprint density at radius 1 is 1.29 bits per heavy atom. The van der Waals surface area contributed by atoms with Gasteiger partial charge in [0.1, 0.15) is 5.69 Å².